The summed E-state index contributed by atoms with van der Waals surface area (Å²) in [6.45, 7) is 0. The first-order valence-corrected chi connectivity index (χ1v) is 6.11. The van der Waals surface area contributed by atoms with Gasteiger partial charge in [-0.25, -0.2) is 0 Å². The first kappa shape index (κ1) is 8.70. The Morgan fingerprint density at radius 2 is 1.86 bits per heavy atom. The zero-order chi connectivity index (χ0) is 9.54. The quantitative estimate of drug-likeness (QED) is 0.536. The molecule has 1 unspecified atom stereocenters. The Morgan fingerprint density at radius 1 is 1.00 bits per heavy atom. The summed E-state index contributed by atoms with van der Waals surface area (Å²) in [5.41, 5.74) is 3.27. The van der Waals surface area contributed by atoms with Crippen LogP contribution in [0.4, 0.5) is 0 Å². The van der Waals surface area contributed by atoms with Crippen molar-refractivity contribution in [3.8, 4) is 0 Å². The number of rotatable bonds is 0. The van der Waals surface area contributed by atoms with Crippen molar-refractivity contribution in [2.24, 2.45) is 11.8 Å². The molecule has 0 aromatic carbocycles. The molecule has 0 aliphatic heterocycles. The predicted molar refractivity (Wildman–Crippen MR) is 55.9 cm³/mol. The van der Waals surface area contributed by atoms with Gasteiger partial charge in [-0.1, -0.05) is 17.6 Å². The third-order valence-electron chi connectivity index (χ3n) is 4.33. The van der Waals surface area contributed by atoms with Crippen LogP contribution in [0.1, 0.15) is 51.4 Å². The second-order valence-corrected chi connectivity index (χ2v) is 5.12. The number of carbonyl (C=O) groups is 1. The van der Waals surface area contributed by atoms with E-state index in [1.165, 1.54) is 38.5 Å². The molecule has 0 N–H and O–H groups in total. The van der Waals surface area contributed by atoms with E-state index in [2.05, 4.69) is 0 Å². The molecule has 76 valence electrons. The Hall–Kier alpha value is -0.590. The molecular weight excluding hydrogens is 172 g/mol. The van der Waals surface area contributed by atoms with Crippen LogP contribution in [0.2, 0.25) is 0 Å². The highest BCUT2D eigenvalue weighted by Gasteiger charge is 2.39. The van der Waals surface area contributed by atoms with Gasteiger partial charge in [0.05, 0.1) is 0 Å². The van der Waals surface area contributed by atoms with Gasteiger partial charge in [0.15, 0.2) is 0 Å². The number of Topliss-reactive ketones (excluding diaryl/α,β-unsaturated/α-hetero) is 1. The molecule has 0 heterocycles. The zero-order valence-corrected chi connectivity index (χ0v) is 8.72. The lowest BCUT2D eigenvalue weighted by Crippen LogP contribution is -2.35. The van der Waals surface area contributed by atoms with Crippen LogP contribution < -0.4 is 0 Å². The van der Waals surface area contributed by atoms with E-state index in [1.807, 2.05) is 0 Å². The maximum atomic E-state index is 12.0. The van der Waals surface area contributed by atoms with Crippen molar-refractivity contribution < 1.29 is 4.79 Å². The fraction of sp³-hybridized carbons (Fsp3) is 0.769. The number of fused-ring (bicyclic) bond motifs is 3. The SMILES string of the molecule is O=C1C2CCC[C@@H]1C1=C(CCCC1)C2. The summed E-state index contributed by atoms with van der Waals surface area (Å²) in [4.78, 5) is 12.0. The van der Waals surface area contributed by atoms with Gasteiger partial charge in [0.1, 0.15) is 5.78 Å². The lowest BCUT2D eigenvalue weighted by Gasteiger charge is -2.38. The van der Waals surface area contributed by atoms with Crippen molar-refractivity contribution >= 4 is 5.78 Å². The van der Waals surface area contributed by atoms with Crippen molar-refractivity contribution in [1.29, 1.82) is 0 Å². The summed E-state index contributed by atoms with van der Waals surface area (Å²) in [5.74, 6) is 1.39. The highest BCUT2D eigenvalue weighted by molar-refractivity contribution is 5.88. The molecule has 2 atom stereocenters. The maximum absolute atomic E-state index is 12.0. The minimum atomic E-state index is 0.373. The molecule has 0 saturated heterocycles. The van der Waals surface area contributed by atoms with Crippen molar-refractivity contribution in [2.75, 3.05) is 0 Å². The lowest BCUT2D eigenvalue weighted by atomic mass is 9.65. The molecule has 3 aliphatic carbocycles. The van der Waals surface area contributed by atoms with Crippen LogP contribution in [0.5, 0.6) is 0 Å². The van der Waals surface area contributed by atoms with Crippen LogP contribution in [-0.2, 0) is 4.79 Å². The molecule has 3 aliphatic rings. The summed E-state index contributed by atoms with van der Waals surface area (Å²) in [5, 5.41) is 0. The van der Waals surface area contributed by atoms with Crippen LogP contribution in [-0.4, -0.2) is 5.78 Å². The Bertz CT molecular complexity index is 300. The first-order chi connectivity index (χ1) is 6.86. The van der Waals surface area contributed by atoms with Crippen LogP contribution in [0, 0.1) is 11.8 Å². The molecule has 0 aromatic heterocycles. The number of hydrogen-bond acceptors (Lipinski definition) is 1. The highest BCUT2D eigenvalue weighted by Crippen LogP contribution is 2.45. The van der Waals surface area contributed by atoms with E-state index in [-0.39, 0.29) is 0 Å². The molecule has 1 fully saturated rings. The molecule has 1 nitrogen and oxygen atoms in total. The minimum Gasteiger partial charge on any atom is -0.299 e. The van der Waals surface area contributed by atoms with Gasteiger partial charge in [0.2, 0.25) is 0 Å². The number of hydrogen-bond donors (Lipinski definition) is 0. The van der Waals surface area contributed by atoms with E-state index < -0.39 is 0 Å². The Morgan fingerprint density at radius 3 is 2.79 bits per heavy atom. The lowest BCUT2D eigenvalue weighted by molar-refractivity contribution is -0.128. The van der Waals surface area contributed by atoms with E-state index in [0.29, 0.717) is 17.6 Å². The smallest absolute Gasteiger partial charge is 0.143 e. The highest BCUT2D eigenvalue weighted by atomic mass is 16.1. The summed E-state index contributed by atoms with van der Waals surface area (Å²) < 4.78 is 0. The van der Waals surface area contributed by atoms with Crippen molar-refractivity contribution in [3.05, 3.63) is 11.1 Å². The molecular formula is C13H18O. The van der Waals surface area contributed by atoms with Crippen LogP contribution >= 0.6 is 0 Å². The second-order valence-electron chi connectivity index (χ2n) is 5.12. The molecule has 3 rings (SSSR count). The van der Waals surface area contributed by atoms with E-state index in [1.54, 1.807) is 11.1 Å². The molecule has 0 spiro atoms. The Balaban J connectivity index is 1.99. The maximum Gasteiger partial charge on any atom is 0.143 e. The van der Waals surface area contributed by atoms with Gasteiger partial charge in [-0.3, -0.25) is 4.79 Å². The van der Waals surface area contributed by atoms with E-state index in [9.17, 15) is 4.79 Å². The van der Waals surface area contributed by atoms with E-state index >= 15 is 0 Å². The molecule has 2 bridgehead atoms. The molecule has 1 saturated carbocycles. The van der Waals surface area contributed by atoms with Gasteiger partial charge in [0.25, 0.3) is 0 Å². The zero-order valence-electron chi connectivity index (χ0n) is 8.72. The monoisotopic (exact) mass is 190 g/mol. The van der Waals surface area contributed by atoms with Gasteiger partial charge >= 0.3 is 0 Å². The minimum absolute atomic E-state index is 0.373. The van der Waals surface area contributed by atoms with Gasteiger partial charge in [0, 0.05) is 11.8 Å². The van der Waals surface area contributed by atoms with Gasteiger partial charge in [-0.05, 0) is 44.9 Å². The average molecular weight is 190 g/mol. The Kier molecular flexibility index (Phi) is 2.00. The summed E-state index contributed by atoms with van der Waals surface area (Å²) in [6, 6.07) is 0. The van der Waals surface area contributed by atoms with E-state index in [4.69, 9.17) is 0 Å². The van der Waals surface area contributed by atoms with Crippen LogP contribution in [0.25, 0.3) is 0 Å². The van der Waals surface area contributed by atoms with Crippen LogP contribution in [0.15, 0.2) is 11.1 Å². The fourth-order valence-corrected chi connectivity index (χ4v) is 3.63. The Labute approximate surface area is 85.6 Å². The average Bonchev–Trinajstić information content (AvgIpc) is 2.18. The van der Waals surface area contributed by atoms with Gasteiger partial charge < -0.3 is 0 Å². The fourth-order valence-electron chi connectivity index (χ4n) is 3.63. The third-order valence-corrected chi connectivity index (χ3v) is 4.33. The second kappa shape index (κ2) is 3.22. The number of ketones is 1. The van der Waals surface area contributed by atoms with Crippen molar-refractivity contribution in [1.82, 2.24) is 0 Å². The molecule has 0 aromatic rings. The summed E-state index contributed by atoms with van der Waals surface area (Å²) in [6.07, 6.45) is 9.98. The van der Waals surface area contributed by atoms with Gasteiger partial charge in [-0.2, -0.15) is 0 Å². The molecule has 0 amide bonds. The number of carbonyl (C=O) groups excluding carboxylic acids is 1. The first-order valence-electron chi connectivity index (χ1n) is 6.11. The summed E-state index contributed by atoms with van der Waals surface area (Å²) in [7, 11) is 0. The molecule has 0 radical (unpaired) electrons. The van der Waals surface area contributed by atoms with E-state index in [0.717, 1.165) is 12.8 Å². The predicted octanol–water partition coefficient (Wildman–Crippen LogP) is 3.25. The van der Waals surface area contributed by atoms with Crippen LogP contribution in [0.3, 0.4) is 0 Å². The largest absolute Gasteiger partial charge is 0.299 e. The molecule has 14 heavy (non-hydrogen) atoms. The molecule has 1 heteroatoms. The standard InChI is InChI=1S/C13H18O/c14-13-10-5-3-7-12(13)11-6-2-1-4-9(11)8-10/h10,12H,1-8H2/t10?,12-/m1/s1. The topological polar surface area (TPSA) is 17.1 Å². The van der Waals surface area contributed by atoms with Gasteiger partial charge in [-0.15, -0.1) is 0 Å². The van der Waals surface area contributed by atoms with Crippen molar-refractivity contribution in [2.45, 2.75) is 51.4 Å². The number of allylic oxidation sites excluding steroid dienone is 2. The summed E-state index contributed by atoms with van der Waals surface area (Å²) >= 11 is 0. The van der Waals surface area contributed by atoms with Crippen molar-refractivity contribution in [3.63, 3.8) is 0 Å². The third kappa shape index (κ3) is 1.18. The normalized spacial score (nSPS) is 37.0.